The standard InChI is InChI=1S/C11H17N3O2/c1-2-14-8-9(6-13-14)11(15)5-10-7-12-3-4-16-10/h6,8,10,12H,2-5,7H2,1H3. The zero-order valence-corrected chi connectivity index (χ0v) is 9.48. The number of ketones is 1. The topological polar surface area (TPSA) is 56.2 Å². The molecule has 0 spiro atoms. The van der Waals surface area contributed by atoms with Gasteiger partial charge in [-0.3, -0.25) is 9.48 Å². The van der Waals surface area contributed by atoms with Crippen LogP contribution < -0.4 is 5.32 Å². The van der Waals surface area contributed by atoms with Gasteiger partial charge in [-0.15, -0.1) is 0 Å². The van der Waals surface area contributed by atoms with Crippen molar-refractivity contribution in [3.05, 3.63) is 18.0 Å². The smallest absolute Gasteiger partial charge is 0.168 e. The van der Waals surface area contributed by atoms with Crippen LogP contribution >= 0.6 is 0 Å². The quantitative estimate of drug-likeness (QED) is 0.754. The molecule has 1 aromatic rings. The minimum absolute atomic E-state index is 0.00577. The molecule has 0 saturated carbocycles. The van der Waals surface area contributed by atoms with Crippen molar-refractivity contribution in [2.75, 3.05) is 19.7 Å². The Morgan fingerprint density at radius 1 is 1.75 bits per heavy atom. The van der Waals surface area contributed by atoms with Gasteiger partial charge in [-0.25, -0.2) is 0 Å². The highest BCUT2D eigenvalue weighted by Crippen LogP contribution is 2.08. The molecule has 0 aliphatic carbocycles. The minimum Gasteiger partial charge on any atom is -0.375 e. The first-order valence-electron chi connectivity index (χ1n) is 5.67. The van der Waals surface area contributed by atoms with Crippen molar-refractivity contribution >= 4 is 5.78 Å². The Kier molecular flexibility index (Phi) is 3.69. The summed E-state index contributed by atoms with van der Waals surface area (Å²) in [4.78, 5) is 11.9. The van der Waals surface area contributed by atoms with Crippen molar-refractivity contribution in [2.45, 2.75) is 26.0 Å². The molecule has 88 valence electrons. The number of aromatic nitrogens is 2. The van der Waals surface area contributed by atoms with Gasteiger partial charge in [0.1, 0.15) is 0 Å². The Labute approximate surface area is 94.8 Å². The molecule has 0 amide bonds. The van der Waals surface area contributed by atoms with Crippen LogP contribution in [0.3, 0.4) is 0 Å². The molecule has 1 aliphatic rings. The lowest BCUT2D eigenvalue weighted by atomic mass is 10.1. The summed E-state index contributed by atoms with van der Waals surface area (Å²) in [6, 6.07) is 0. The molecule has 1 fully saturated rings. The zero-order valence-electron chi connectivity index (χ0n) is 9.48. The number of morpholine rings is 1. The van der Waals surface area contributed by atoms with Gasteiger partial charge in [-0.05, 0) is 6.92 Å². The average molecular weight is 223 g/mol. The molecule has 1 saturated heterocycles. The third-order valence-corrected chi connectivity index (χ3v) is 2.70. The van der Waals surface area contributed by atoms with Crippen LogP contribution in [-0.2, 0) is 11.3 Å². The van der Waals surface area contributed by atoms with Crippen molar-refractivity contribution in [1.82, 2.24) is 15.1 Å². The van der Waals surface area contributed by atoms with E-state index in [4.69, 9.17) is 4.74 Å². The van der Waals surface area contributed by atoms with E-state index in [1.54, 1.807) is 17.1 Å². The zero-order chi connectivity index (χ0) is 11.4. The summed E-state index contributed by atoms with van der Waals surface area (Å²) in [5, 5.41) is 7.30. The molecule has 2 rings (SSSR count). The van der Waals surface area contributed by atoms with Crippen LogP contribution in [0.25, 0.3) is 0 Å². The lowest BCUT2D eigenvalue weighted by Gasteiger charge is -2.22. The maximum atomic E-state index is 11.9. The largest absolute Gasteiger partial charge is 0.375 e. The van der Waals surface area contributed by atoms with Gasteiger partial charge in [-0.1, -0.05) is 0 Å². The van der Waals surface area contributed by atoms with Gasteiger partial charge in [0.15, 0.2) is 5.78 Å². The van der Waals surface area contributed by atoms with E-state index in [2.05, 4.69) is 10.4 Å². The van der Waals surface area contributed by atoms with Crippen molar-refractivity contribution in [3.63, 3.8) is 0 Å². The number of ether oxygens (including phenoxy) is 1. The van der Waals surface area contributed by atoms with Gasteiger partial charge in [0.25, 0.3) is 0 Å². The molecule has 5 nitrogen and oxygen atoms in total. The van der Waals surface area contributed by atoms with E-state index < -0.39 is 0 Å². The van der Waals surface area contributed by atoms with E-state index in [0.29, 0.717) is 18.6 Å². The predicted octanol–water partition coefficient (Wildman–Crippen LogP) is 0.464. The summed E-state index contributed by atoms with van der Waals surface area (Å²) in [5.41, 5.74) is 0.677. The van der Waals surface area contributed by atoms with Gasteiger partial charge in [-0.2, -0.15) is 5.10 Å². The Bertz CT molecular complexity index is 356. The lowest BCUT2D eigenvalue weighted by Crippen LogP contribution is -2.39. The second-order valence-electron chi connectivity index (χ2n) is 3.91. The minimum atomic E-state index is 0.00577. The van der Waals surface area contributed by atoms with E-state index >= 15 is 0 Å². The first-order chi connectivity index (χ1) is 7.79. The van der Waals surface area contributed by atoms with Gasteiger partial charge >= 0.3 is 0 Å². The van der Waals surface area contributed by atoms with Crippen LogP contribution in [0.1, 0.15) is 23.7 Å². The number of rotatable bonds is 4. The van der Waals surface area contributed by atoms with Gasteiger partial charge < -0.3 is 10.1 Å². The number of nitrogens with one attached hydrogen (secondary N) is 1. The van der Waals surface area contributed by atoms with Gasteiger partial charge in [0.2, 0.25) is 0 Å². The SMILES string of the molecule is CCn1cc(C(=O)CC2CNCCO2)cn1. The fourth-order valence-electron chi connectivity index (χ4n) is 1.76. The number of Topliss-reactive ketones (excluding diaryl/α,β-unsaturated/α-hetero) is 1. The van der Waals surface area contributed by atoms with Crippen LogP contribution in [0, 0.1) is 0 Å². The Balaban J connectivity index is 1.91. The number of nitrogens with zero attached hydrogens (tertiary/aromatic N) is 2. The van der Waals surface area contributed by atoms with E-state index in [1.165, 1.54) is 0 Å². The Hall–Kier alpha value is -1.20. The van der Waals surface area contributed by atoms with E-state index in [9.17, 15) is 4.79 Å². The normalized spacial score (nSPS) is 20.9. The first kappa shape index (κ1) is 11.3. The molecule has 0 bridgehead atoms. The highest BCUT2D eigenvalue weighted by atomic mass is 16.5. The molecular formula is C11H17N3O2. The monoisotopic (exact) mass is 223 g/mol. The van der Waals surface area contributed by atoms with Crippen LogP contribution in [0.15, 0.2) is 12.4 Å². The van der Waals surface area contributed by atoms with Crippen LogP contribution in [0.2, 0.25) is 0 Å². The Morgan fingerprint density at radius 2 is 2.62 bits per heavy atom. The van der Waals surface area contributed by atoms with E-state index in [1.807, 2.05) is 6.92 Å². The summed E-state index contributed by atoms with van der Waals surface area (Å²) in [6.07, 6.45) is 3.86. The highest BCUT2D eigenvalue weighted by Gasteiger charge is 2.19. The number of hydrogen-bond acceptors (Lipinski definition) is 4. The number of hydrogen-bond donors (Lipinski definition) is 1. The molecule has 2 heterocycles. The predicted molar refractivity (Wildman–Crippen MR) is 59.5 cm³/mol. The van der Waals surface area contributed by atoms with Crippen molar-refractivity contribution < 1.29 is 9.53 Å². The molecule has 1 N–H and O–H groups in total. The molecular weight excluding hydrogens is 206 g/mol. The summed E-state index contributed by atoms with van der Waals surface area (Å²) in [5.74, 6) is 0.105. The molecule has 1 aromatic heterocycles. The van der Waals surface area contributed by atoms with E-state index in [-0.39, 0.29) is 11.9 Å². The number of aryl methyl sites for hydroxylation is 1. The summed E-state index contributed by atoms with van der Waals surface area (Å²) < 4.78 is 7.25. The summed E-state index contributed by atoms with van der Waals surface area (Å²) in [7, 11) is 0. The van der Waals surface area contributed by atoms with Crippen molar-refractivity contribution in [1.29, 1.82) is 0 Å². The summed E-state index contributed by atoms with van der Waals surface area (Å²) >= 11 is 0. The fourth-order valence-corrected chi connectivity index (χ4v) is 1.76. The third kappa shape index (κ3) is 2.68. The maximum Gasteiger partial charge on any atom is 0.168 e. The molecule has 1 aliphatic heterocycles. The first-order valence-corrected chi connectivity index (χ1v) is 5.67. The molecule has 1 unspecified atom stereocenters. The second kappa shape index (κ2) is 5.23. The number of carbonyl (C=O) groups is 1. The van der Waals surface area contributed by atoms with Crippen molar-refractivity contribution in [3.8, 4) is 0 Å². The van der Waals surface area contributed by atoms with E-state index in [0.717, 1.165) is 19.6 Å². The van der Waals surface area contributed by atoms with Crippen LogP contribution in [-0.4, -0.2) is 41.4 Å². The molecule has 16 heavy (non-hydrogen) atoms. The van der Waals surface area contributed by atoms with Crippen molar-refractivity contribution in [2.24, 2.45) is 0 Å². The molecule has 0 radical (unpaired) electrons. The second-order valence-corrected chi connectivity index (χ2v) is 3.91. The highest BCUT2D eigenvalue weighted by molar-refractivity contribution is 5.95. The van der Waals surface area contributed by atoms with Gasteiger partial charge in [0.05, 0.1) is 24.5 Å². The maximum absolute atomic E-state index is 11.9. The third-order valence-electron chi connectivity index (χ3n) is 2.70. The Morgan fingerprint density at radius 3 is 3.25 bits per heavy atom. The van der Waals surface area contributed by atoms with Crippen LogP contribution in [0.4, 0.5) is 0 Å². The number of carbonyl (C=O) groups excluding carboxylic acids is 1. The fraction of sp³-hybridized carbons (Fsp3) is 0.636. The van der Waals surface area contributed by atoms with Gasteiger partial charge in [0, 0.05) is 32.3 Å². The average Bonchev–Trinajstić information content (AvgIpc) is 2.79. The van der Waals surface area contributed by atoms with Crippen LogP contribution in [0.5, 0.6) is 0 Å². The molecule has 5 heteroatoms. The lowest BCUT2D eigenvalue weighted by molar-refractivity contribution is 0.0240. The molecule has 1 atom stereocenters. The summed E-state index contributed by atoms with van der Waals surface area (Å²) in [6.45, 7) is 5.10. The molecule has 0 aromatic carbocycles.